The Balaban J connectivity index is 2.20. The molecule has 0 amide bonds. The van der Waals surface area contributed by atoms with Crippen LogP contribution in [0.15, 0.2) is 34.5 Å². The fourth-order valence-electron chi connectivity index (χ4n) is 1.49. The molecule has 0 fully saturated rings. The second-order valence-electron chi connectivity index (χ2n) is 3.44. The van der Waals surface area contributed by atoms with Crippen LogP contribution in [0.1, 0.15) is 18.9 Å². The lowest BCUT2D eigenvalue weighted by molar-refractivity contribution is 1.10. The predicted molar refractivity (Wildman–Crippen MR) is 73.3 cm³/mol. The maximum absolute atomic E-state index is 4.59. The summed E-state index contributed by atoms with van der Waals surface area (Å²) in [5.41, 5.74) is 2.33. The Morgan fingerprint density at radius 1 is 1.19 bits per heavy atom. The van der Waals surface area contributed by atoms with Crippen LogP contribution in [0.3, 0.4) is 0 Å². The van der Waals surface area contributed by atoms with E-state index in [1.807, 2.05) is 11.8 Å². The van der Waals surface area contributed by atoms with Gasteiger partial charge in [0.25, 0.3) is 0 Å². The molecule has 1 aromatic carbocycles. The smallest absolute Gasteiger partial charge is 0.0929 e. The molecule has 0 spiro atoms. The van der Waals surface area contributed by atoms with Crippen molar-refractivity contribution in [1.29, 1.82) is 0 Å². The average Bonchev–Trinajstić information content (AvgIpc) is 2.79. The van der Waals surface area contributed by atoms with Crippen LogP contribution < -0.4 is 0 Å². The summed E-state index contributed by atoms with van der Waals surface area (Å²) in [4.78, 5) is 5.92. The Morgan fingerprint density at radius 2 is 1.94 bits per heavy atom. The van der Waals surface area contributed by atoms with Gasteiger partial charge in [0.05, 0.1) is 10.7 Å². The van der Waals surface area contributed by atoms with E-state index in [0.717, 1.165) is 17.9 Å². The molecule has 0 saturated heterocycles. The van der Waals surface area contributed by atoms with Crippen molar-refractivity contribution < 1.29 is 0 Å². The topological polar surface area (TPSA) is 12.9 Å². The molecule has 0 unspecified atom stereocenters. The number of benzene rings is 1. The third-order valence-corrected chi connectivity index (χ3v) is 4.20. The van der Waals surface area contributed by atoms with E-state index in [2.05, 4.69) is 48.5 Å². The Bertz CT molecular complexity index is 445. The molecule has 84 valence electrons. The van der Waals surface area contributed by atoms with Crippen molar-refractivity contribution in [2.45, 2.75) is 25.2 Å². The molecular weight excluding hydrogens is 234 g/mol. The first kappa shape index (κ1) is 11.7. The minimum Gasteiger partial charge on any atom is -0.241 e. The van der Waals surface area contributed by atoms with Crippen LogP contribution >= 0.6 is 23.1 Å². The van der Waals surface area contributed by atoms with Crippen molar-refractivity contribution in [1.82, 2.24) is 4.98 Å². The molecule has 1 heterocycles. The van der Waals surface area contributed by atoms with E-state index in [9.17, 15) is 0 Å². The molecule has 0 bridgehead atoms. The Hall–Kier alpha value is -0.800. The Kier molecular flexibility index (Phi) is 4.02. The highest BCUT2D eigenvalue weighted by Crippen LogP contribution is 2.25. The number of hydrogen-bond acceptors (Lipinski definition) is 3. The van der Waals surface area contributed by atoms with E-state index in [1.54, 1.807) is 11.3 Å². The van der Waals surface area contributed by atoms with Crippen molar-refractivity contribution in [3.05, 3.63) is 34.7 Å². The highest BCUT2D eigenvalue weighted by Gasteiger charge is 2.03. The van der Waals surface area contributed by atoms with Crippen molar-refractivity contribution in [2.75, 3.05) is 5.75 Å². The van der Waals surface area contributed by atoms with Gasteiger partial charge in [-0.15, -0.1) is 23.1 Å². The van der Waals surface area contributed by atoms with E-state index in [-0.39, 0.29) is 0 Å². The van der Waals surface area contributed by atoms with E-state index >= 15 is 0 Å². The number of aryl methyl sites for hydroxylation is 1. The van der Waals surface area contributed by atoms with Gasteiger partial charge in [0.1, 0.15) is 0 Å². The van der Waals surface area contributed by atoms with E-state index in [4.69, 9.17) is 0 Å². The molecule has 0 aliphatic rings. The van der Waals surface area contributed by atoms with E-state index in [0.29, 0.717) is 0 Å². The summed E-state index contributed by atoms with van der Waals surface area (Å²) in [7, 11) is 0. The summed E-state index contributed by atoms with van der Waals surface area (Å²) in [5.74, 6) is 1.12. The molecule has 0 atom stereocenters. The van der Waals surface area contributed by atoms with Gasteiger partial charge in [0.2, 0.25) is 0 Å². The summed E-state index contributed by atoms with van der Waals surface area (Å²) in [6.07, 6.45) is 1.02. The number of thioether (sulfide) groups is 1. The van der Waals surface area contributed by atoms with Crippen LogP contribution in [-0.4, -0.2) is 10.7 Å². The van der Waals surface area contributed by atoms with Crippen LogP contribution in [0.25, 0.3) is 11.3 Å². The second kappa shape index (κ2) is 5.51. The molecule has 3 heteroatoms. The van der Waals surface area contributed by atoms with E-state index in [1.165, 1.54) is 15.5 Å². The first-order valence-corrected chi connectivity index (χ1v) is 7.37. The van der Waals surface area contributed by atoms with Crippen molar-refractivity contribution in [2.24, 2.45) is 0 Å². The van der Waals surface area contributed by atoms with Gasteiger partial charge in [0.15, 0.2) is 0 Å². The number of hydrogen-bond donors (Lipinski definition) is 0. The summed E-state index contributed by atoms with van der Waals surface area (Å²) in [5, 5.41) is 3.35. The molecule has 16 heavy (non-hydrogen) atoms. The molecule has 2 aromatic rings. The lowest BCUT2D eigenvalue weighted by atomic mass is 10.2. The number of aromatic nitrogens is 1. The van der Waals surface area contributed by atoms with Crippen molar-refractivity contribution in [3.8, 4) is 11.3 Å². The zero-order chi connectivity index (χ0) is 11.4. The molecular formula is C13H15NS2. The molecule has 0 aliphatic heterocycles. The average molecular weight is 249 g/mol. The largest absolute Gasteiger partial charge is 0.241 e. The molecule has 1 aromatic heterocycles. The number of thiazole rings is 1. The normalized spacial score (nSPS) is 10.6. The first-order chi connectivity index (χ1) is 7.83. The molecule has 0 saturated carbocycles. The lowest BCUT2D eigenvalue weighted by Crippen LogP contribution is -1.81. The van der Waals surface area contributed by atoms with Gasteiger partial charge in [-0.25, -0.2) is 4.98 Å². The highest BCUT2D eigenvalue weighted by molar-refractivity contribution is 7.99. The van der Waals surface area contributed by atoms with Crippen LogP contribution in [-0.2, 0) is 6.42 Å². The maximum Gasteiger partial charge on any atom is 0.0929 e. The van der Waals surface area contributed by atoms with Gasteiger partial charge in [0, 0.05) is 15.8 Å². The summed E-state index contributed by atoms with van der Waals surface area (Å²) in [6.45, 7) is 4.32. The Morgan fingerprint density at radius 3 is 2.50 bits per heavy atom. The van der Waals surface area contributed by atoms with Gasteiger partial charge in [-0.3, -0.25) is 0 Å². The standard InChI is InChI=1S/C13H15NS2/c1-3-13-14-12(9-16-13)10-5-7-11(8-6-10)15-4-2/h5-9H,3-4H2,1-2H3. The van der Waals surface area contributed by atoms with Gasteiger partial charge in [-0.2, -0.15) is 0 Å². The van der Waals surface area contributed by atoms with Crippen LogP contribution in [0.2, 0.25) is 0 Å². The molecule has 0 aliphatic carbocycles. The zero-order valence-corrected chi connectivity index (χ0v) is 11.2. The monoisotopic (exact) mass is 249 g/mol. The van der Waals surface area contributed by atoms with Gasteiger partial charge < -0.3 is 0 Å². The third-order valence-electron chi connectivity index (χ3n) is 2.32. The number of nitrogens with zero attached hydrogens (tertiary/aromatic N) is 1. The van der Waals surface area contributed by atoms with E-state index < -0.39 is 0 Å². The SMILES string of the molecule is CCSc1ccc(-c2csc(CC)n2)cc1. The van der Waals surface area contributed by atoms with Crippen molar-refractivity contribution in [3.63, 3.8) is 0 Å². The molecule has 1 nitrogen and oxygen atoms in total. The highest BCUT2D eigenvalue weighted by atomic mass is 32.2. The summed E-state index contributed by atoms with van der Waals surface area (Å²) >= 11 is 3.61. The maximum atomic E-state index is 4.59. The fraction of sp³-hybridized carbons (Fsp3) is 0.308. The predicted octanol–water partition coefficient (Wildman–Crippen LogP) is 4.48. The minimum absolute atomic E-state index is 1.02. The lowest BCUT2D eigenvalue weighted by Gasteiger charge is -2.00. The molecule has 0 radical (unpaired) electrons. The van der Waals surface area contributed by atoms with Crippen LogP contribution in [0.5, 0.6) is 0 Å². The zero-order valence-electron chi connectivity index (χ0n) is 9.56. The Labute approximate surface area is 105 Å². The van der Waals surface area contributed by atoms with Crippen LogP contribution in [0.4, 0.5) is 0 Å². The fourth-order valence-corrected chi connectivity index (χ4v) is 2.91. The summed E-state index contributed by atoms with van der Waals surface area (Å²) in [6, 6.07) is 8.67. The van der Waals surface area contributed by atoms with Gasteiger partial charge in [-0.05, 0) is 24.3 Å². The quantitative estimate of drug-likeness (QED) is 0.741. The second-order valence-corrected chi connectivity index (χ2v) is 5.72. The first-order valence-electron chi connectivity index (χ1n) is 5.51. The third kappa shape index (κ3) is 2.66. The number of rotatable bonds is 4. The minimum atomic E-state index is 1.02. The molecule has 2 rings (SSSR count). The van der Waals surface area contributed by atoms with Crippen LogP contribution in [0, 0.1) is 0 Å². The van der Waals surface area contributed by atoms with Crippen molar-refractivity contribution >= 4 is 23.1 Å². The van der Waals surface area contributed by atoms with Gasteiger partial charge in [-0.1, -0.05) is 26.0 Å². The van der Waals surface area contributed by atoms with Gasteiger partial charge >= 0.3 is 0 Å². The summed E-state index contributed by atoms with van der Waals surface area (Å²) < 4.78 is 0. The molecule has 0 N–H and O–H groups in total.